The molecule has 1 N–H and O–H groups in total. The van der Waals surface area contributed by atoms with Gasteiger partial charge in [-0.3, -0.25) is 9.69 Å². The highest BCUT2D eigenvalue weighted by atomic mass is 35.5. The Hall–Kier alpha value is -2.73. The number of nitrogens with zero attached hydrogens (tertiary/aromatic N) is 2. The van der Waals surface area contributed by atoms with Gasteiger partial charge in [0.15, 0.2) is 0 Å². The Labute approximate surface area is 163 Å². The van der Waals surface area contributed by atoms with Crippen LogP contribution in [0.4, 0.5) is 10.5 Å². The summed E-state index contributed by atoms with van der Waals surface area (Å²) in [4.78, 5) is 28.0. The van der Waals surface area contributed by atoms with E-state index in [9.17, 15) is 9.59 Å². The summed E-state index contributed by atoms with van der Waals surface area (Å²) in [6, 6.07) is 14.5. The highest BCUT2D eigenvalue weighted by Crippen LogP contribution is 2.23. The van der Waals surface area contributed by atoms with Crippen LogP contribution in [-0.4, -0.2) is 43.1 Å². The van der Waals surface area contributed by atoms with Crippen molar-refractivity contribution >= 4 is 29.2 Å². The Morgan fingerprint density at radius 2 is 1.81 bits per heavy atom. The molecule has 27 heavy (non-hydrogen) atoms. The Bertz CT molecular complexity index is 793. The van der Waals surface area contributed by atoms with Crippen LogP contribution in [0.1, 0.15) is 12.5 Å². The third-order valence-electron chi connectivity index (χ3n) is 4.29. The third kappa shape index (κ3) is 4.92. The maximum atomic E-state index is 12.6. The first-order valence-corrected chi connectivity index (χ1v) is 9.25. The van der Waals surface area contributed by atoms with Crippen molar-refractivity contribution in [3.05, 3.63) is 59.1 Å². The van der Waals surface area contributed by atoms with Crippen molar-refractivity contribution in [2.24, 2.45) is 0 Å². The van der Waals surface area contributed by atoms with Gasteiger partial charge in [-0.2, -0.15) is 0 Å². The minimum absolute atomic E-state index is 0.0416. The third-order valence-corrected chi connectivity index (χ3v) is 4.54. The fourth-order valence-corrected chi connectivity index (χ4v) is 3.02. The van der Waals surface area contributed by atoms with Crippen molar-refractivity contribution in [3.8, 4) is 5.75 Å². The summed E-state index contributed by atoms with van der Waals surface area (Å²) in [6.07, 6.45) is 0. The van der Waals surface area contributed by atoms with Gasteiger partial charge in [0.25, 0.3) is 0 Å². The van der Waals surface area contributed by atoms with Crippen molar-refractivity contribution in [1.82, 2.24) is 10.2 Å². The van der Waals surface area contributed by atoms with Gasteiger partial charge in [-0.1, -0.05) is 23.7 Å². The molecule has 1 saturated heterocycles. The number of hydrogen-bond donors (Lipinski definition) is 1. The van der Waals surface area contributed by atoms with Crippen LogP contribution in [0.15, 0.2) is 48.5 Å². The lowest BCUT2D eigenvalue weighted by molar-refractivity contribution is -0.121. The van der Waals surface area contributed by atoms with E-state index >= 15 is 0 Å². The molecule has 1 aliphatic rings. The maximum Gasteiger partial charge on any atom is 0.325 e. The summed E-state index contributed by atoms with van der Waals surface area (Å²) in [6.45, 7) is 4.03. The van der Waals surface area contributed by atoms with Gasteiger partial charge in [-0.05, 0) is 48.9 Å². The van der Waals surface area contributed by atoms with Crippen LogP contribution >= 0.6 is 11.6 Å². The van der Waals surface area contributed by atoms with E-state index in [4.69, 9.17) is 16.3 Å². The van der Waals surface area contributed by atoms with Crippen LogP contribution in [0.5, 0.6) is 5.75 Å². The van der Waals surface area contributed by atoms with E-state index in [1.807, 2.05) is 43.3 Å². The molecule has 0 radical (unpaired) electrons. The number of carbonyl (C=O) groups is 2. The van der Waals surface area contributed by atoms with Crippen LogP contribution < -0.4 is 15.0 Å². The van der Waals surface area contributed by atoms with E-state index in [1.54, 1.807) is 21.9 Å². The molecule has 7 heteroatoms. The number of anilines is 1. The van der Waals surface area contributed by atoms with Crippen LogP contribution in [0.3, 0.4) is 0 Å². The molecule has 3 amide bonds. The molecule has 0 spiro atoms. The van der Waals surface area contributed by atoms with E-state index in [-0.39, 0.29) is 18.5 Å². The average Bonchev–Trinajstić information content (AvgIpc) is 3.03. The zero-order valence-electron chi connectivity index (χ0n) is 15.2. The smallest absolute Gasteiger partial charge is 0.325 e. The predicted molar refractivity (Wildman–Crippen MR) is 105 cm³/mol. The van der Waals surface area contributed by atoms with Crippen LogP contribution in [0.25, 0.3) is 0 Å². The van der Waals surface area contributed by atoms with Crippen molar-refractivity contribution in [1.29, 1.82) is 0 Å². The molecule has 6 nitrogen and oxygen atoms in total. The molecule has 2 aromatic carbocycles. The van der Waals surface area contributed by atoms with Crippen molar-refractivity contribution < 1.29 is 14.3 Å². The normalized spacial score (nSPS) is 13.8. The minimum Gasteiger partial charge on any atom is -0.494 e. The molecule has 1 aliphatic heterocycles. The lowest BCUT2D eigenvalue weighted by Gasteiger charge is -2.18. The zero-order chi connectivity index (χ0) is 19.2. The maximum absolute atomic E-state index is 12.6. The molecule has 0 unspecified atom stereocenters. The summed E-state index contributed by atoms with van der Waals surface area (Å²) in [7, 11) is 0. The van der Waals surface area contributed by atoms with E-state index in [0.29, 0.717) is 31.3 Å². The number of ether oxygens (including phenoxy) is 1. The number of rotatable bonds is 7. The number of amides is 3. The van der Waals surface area contributed by atoms with Crippen LogP contribution in [-0.2, 0) is 11.3 Å². The number of halogens is 1. The second-order valence-corrected chi connectivity index (χ2v) is 6.62. The Morgan fingerprint density at radius 1 is 1.11 bits per heavy atom. The topological polar surface area (TPSA) is 61.9 Å². The number of hydrogen-bond acceptors (Lipinski definition) is 3. The van der Waals surface area contributed by atoms with Gasteiger partial charge in [0, 0.05) is 30.3 Å². The van der Waals surface area contributed by atoms with E-state index < -0.39 is 0 Å². The van der Waals surface area contributed by atoms with Crippen molar-refractivity contribution in [3.63, 3.8) is 0 Å². The molecule has 2 aromatic rings. The molecule has 1 fully saturated rings. The van der Waals surface area contributed by atoms with E-state index in [2.05, 4.69) is 5.32 Å². The Balaban J connectivity index is 1.51. The summed E-state index contributed by atoms with van der Waals surface area (Å²) in [5.74, 6) is 0.582. The standard InChI is InChI=1S/C20H22ClN3O3/c1-2-27-18-9-7-17(8-10-18)24-12-11-23(20(24)26)14-19(25)22-13-15-3-5-16(21)6-4-15/h3-10H,2,11-14H2,1H3,(H,22,25). The van der Waals surface area contributed by atoms with Gasteiger partial charge in [-0.15, -0.1) is 0 Å². The second kappa shape index (κ2) is 8.77. The van der Waals surface area contributed by atoms with Gasteiger partial charge in [-0.25, -0.2) is 4.79 Å². The van der Waals surface area contributed by atoms with Gasteiger partial charge >= 0.3 is 6.03 Å². The monoisotopic (exact) mass is 387 g/mol. The molecule has 0 aromatic heterocycles. The summed E-state index contributed by atoms with van der Waals surface area (Å²) in [5.41, 5.74) is 1.75. The first-order chi connectivity index (χ1) is 13.1. The Kier molecular flexibility index (Phi) is 6.19. The molecule has 1 heterocycles. The second-order valence-electron chi connectivity index (χ2n) is 6.19. The van der Waals surface area contributed by atoms with E-state index in [0.717, 1.165) is 17.0 Å². The quantitative estimate of drug-likeness (QED) is 0.792. The van der Waals surface area contributed by atoms with Gasteiger partial charge in [0.05, 0.1) is 6.61 Å². The minimum atomic E-state index is -0.188. The highest BCUT2D eigenvalue weighted by Gasteiger charge is 2.30. The zero-order valence-corrected chi connectivity index (χ0v) is 15.9. The number of carbonyl (C=O) groups excluding carboxylic acids is 2. The fourth-order valence-electron chi connectivity index (χ4n) is 2.89. The average molecular weight is 388 g/mol. The first kappa shape index (κ1) is 19.0. The lowest BCUT2D eigenvalue weighted by atomic mass is 10.2. The number of nitrogens with one attached hydrogen (secondary N) is 1. The molecule has 0 bridgehead atoms. The molecule has 3 rings (SSSR count). The van der Waals surface area contributed by atoms with Gasteiger partial charge < -0.3 is 15.0 Å². The largest absolute Gasteiger partial charge is 0.494 e. The van der Waals surface area contributed by atoms with Crippen molar-refractivity contribution in [2.75, 3.05) is 31.1 Å². The van der Waals surface area contributed by atoms with Crippen LogP contribution in [0, 0.1) is 0 Å². The van der Waals surface area contributed by atoms with Gasteiger partial charge in [0.1, 0.15) is 12.3 Å². The molecular formula is C20H22ClN3O3. The lowest BCUT2D eigenvalue weighted by Crippen LogP contribution is -2.39. The molecule has 142 valence electrons. The van der Waals surface area contributed by atoms with Gasteiger partial charge in [0.2, 0.25) is 5.91 Å². The number of urea groups is 1. The van der Waals surface area contributed by atoms with Crippen LogP contribution in [0.2, 0.25) is 5.02 Å². The molecule has 0 atom stereocenters. The number of benzene rings is 2. The molecular weight excluding hydrogens is 366 g/mol. The first-order valence-electron chi connectivity index (χ1n) is 8.87. The fraction of sp³-hybridized carbons (Fsp3) is 0.300. The van der Waals surface area contributed by atoms with E-state index in [1.165, 1.54) is 0 Å². The summed E-state index contributed by atoms with van der Waals surface area (Å²) >= 11 is 5.85. The summed E-state index contributed by atoms with van der Waals surface area (Å²) < 4.78 is 5.42. The summed E-state index contributed by atoms with van der Waals surface area (Å²) in [5, 5.41) is 3.49. The predicted octanol–water partition coefficient (Wildman–Crippen LogP) is 3.30. The molecule has 0 aliphatic carbocycles. The highest BCUT2D eigenvalue weighted by molar-refractivity contribution is 6.30. The molecule has 0 saturated carbocycles. The Morgan fingerprint density at radius 3 is 2.48 bits per heavy atom. The SMILES string of the molecule is CCOc1ccc(N2CCN(CC(=O)NCc3ccc(Cl)cc3)C2=O)cc1. The van der Waals surface area contributed by atoms with Crippen molar-refractivity contribution in [2.45, 2.75) is 13.5 Å².